The van der Waals surface area contributed by atoms with Gasteiger partial charge in [-0.15, -0.1) is 0 Å². The summed E-state index contributed by atoms with van der Waals surface area (Å²) in [7, 11) is 0. The van der Waals surface area contributed by atoms with E-state index in [9.17, 15) is 4.79 Å². The molecule has 2 fully saturated rings. The lowest BCUT2D eigenvalue weighted by Gasteiger charge is -2.27. The minimum absolute atomic E-state index is 0.0182. The van der Waals surface area contributed by atoms with Crippen LogP contribution in [0.5, 0.6) is 5.75 Å². The van der Waals surface area contributed by atoms with Gasteiger partial charge in [-0.25, -0.2) is 4.98 Å². The van der Waals surface area contributed by atoms with E-state index in [2.05, 4.69) is 39.4 Å². The summed E-state index contributed by atoms with van der Waals surface area (Å²) in [4.78, 5) is 22.7. The molecule has 0 unspecified atom stereocenters. The average Bonchev–Trinajstić information content (AvgIpc) is 3.47. The predicted octanol–water partition coefficient (Wildman–Crippen LogP) is 3.04. The van der Waals surface area contributed by atoms with Crippen LogP contribution in [0.3, 0.4) is 0 Å². The van der Waals surface area contributed by atoms with Crippen LogP contribution in [0, 0.1) is 12.8 Å². The highest BCUT2D eigenvalue weighted by molar-refractivity contribution is 5.97. The van der Waals surface area contributed by atoms with Crippen LogP contribution < -0.4 is 4.74 Å². The molecule has 1 N–H and O–H groups in total. The number of H-pyrrole nitrogens is 1. The molecule has 0 radical (unpaired) electrons. The molecule has 1 amide bonds. The average molecular weight is 432 g/mol. The lowest BCUT2D eigenvalue weighted by molar-refractivity contribution is 0.0764. The molecular weight excluding hydrogens is 402 g/mol. The van der Waals surface area contributed by atoms with Gasteiger partial charge in [0.15, 0.2) is 5.82 Å². The van der Waals surface area contributed by atoms with Gasteiger partial charge in [-0.05, 0) is 31.5 Å². The fraction of sp³-hybridized carbons (Fsp3) is 0.400. The number of aromatic amines is 1. The maximum absolute atomic E-state index is 13.5. The second-order valence-electron chi connectivity index (χ2n) is 8.87. The molecule has 5 rings (SSSR count). The quantitative estimate of drug-likeness (QED) is 0.649. The number of carbonyl (C=O) groups excluding carboxylic acids is 1. The monoisotopic (exact) mass is 431 g/mol. The van der Waals surface area contributed by atoms with Gasteiger partial charge in [0.05, 0.1) is 17.6 Å². The molecule has 2 atom stereocenters. The van der Waals surface area contributed by atoms with Crippen molar-refractivity contribution in [1.82, 2.24) is 25.0 Å². The summed E-state index contributed by atoms with van der Waals surface area (Å²) in [6, 6.07) is 18.0. The number of likely N-dealkylation sites (tertiary alicyclic amines) is 2. The molecule has 2 aromatic carbocycles. The van der Waals surface area contributed by atoms with E-state index < -0.39 is 0 Å². The zero-order valence-electron chi connectivity index (χ0n) is 18.6. The number of fused-ring (bicyclic) bond motifs is 1. The number of carbonyl (C=O) groups is 1. The molecule has 3 heterocycles. The van der Waals surface area contributed by atoms with Crippen LogP contribution in [0.15, 0.2) is 54.6 Å². The van der Waals surface area contributed by atoms with E-state index in [1.807, 2.05) is 49.1 Å². The first kappa shape index (κ1) is 20.7. The van der Waals surface area contributed by atoms with Gasteiger partial charge in [0.2, 0.25) is 0 Å². The van der Waals surface area contributed by atoms with Gasteiger partial charge in [0.25, 0.3) is 5.91 Å². The Morgan fingerprint density at radius 2 is 1.91 bits per heavy atom. The number of amides is 1. The van der Waals surface area contributed by atoms with Gasteiger partial charge < -0.3 is 9.64 Å². The third kappa shape index (κ3) is 3.66. The SMILES string of the molecule is CCOc1ccccc1C(=O)N1C[C@@H]2CN(Cc3ccccc3)C[C@]2(c2n[nH]c(C)n2)C1. The number of ether oxygens (including phenoxy) is 1. The first-order valence-corrected chi connectivity index (χ1v) is 11.3. The number of rotatable bonds is 6. The third-order valence-electron chi connectivity index (χ3n) is 6.68. The van der Waals surface area contributed by atoms with Crippen LogP contribution in [-0.4, -0.2) is 63.7 Å². The summed E-state index contributed by atoms with van der Waals surface area (Å²) in [5.74, 6) is 2.57. The number of nitrogens with one attached hydrogen (secondary N) is 1. The van der Waals surface area contributed by atoms with Crippen molar-refractivity contribution in [3.63, 3.8) is 0 Å². The van der Waals surface area contributed by atoms with E-state index in [4.69, 9.17) is 9.72 Å². The molecule has 2 saturated heterocycles. The zero-order valence-corrected chi connectivity index (χ0v) is 18.6. The standard InChI is InChI=1S/C25H29N5O2/c1-3-32-22-12-8-7-11-21(22)23(31)30-15-20-14-29(13-19-9-5-4-6-10-19)16-25(20,17-30)24-26-18(2)27-28-24/h4-12,20H,3,13-17H2,1-2H3,(H,26,27,28)/t20-,25-/m0/s1. The molecule has 0 aliphatic carbocycles. The summed E-state index contributed by atoms with van der Waals surface area (Å²) in [5, 5.41) is 7.58. The lowest BCUT2D eigenvalue weighted by atomic mass is 9.80. The summed E-state index contributed by atoms with van der Waals surface area (Å²) in [6.07, 6.45) is 0. The maximum Gasteiger partial charge on any atom is 0.257 e. The molecule has 1 aromatic heterocycles. The Morgan fingerprint density at radius 1 is 1.12 bits per heavy atom. The fourth-order valence-corrected chi connectivity index (χ4v) is 5.26. The highest BCUT2D eigenvalue weighted by Gasteiger charge is 2.56. The molecule has 7 nitrogen and oxygen atoms in total. The van der Waals surface area contributed by atoms with Gasteiger partial charge in [-0.2, -0.15) is 5.10 Å². The minimum Gasteiger partial charge on any atom is -0.493 e. The first-order valence-electron chi connectivity index (χ1n) is 11.3. The van der Waals surface area contributed by atoms with Crippen LogP contribution in [0.25, 0.3) is 0 Å². The van der Waals surface area contributed by atoms with Crippen molar-refractivity contribution in [3.05, 3.63) is 77.4 Å². The Hall–Kier alpha value is -3.19. The molecule has 32 heavy (non-hydrogen) atoms. The van der Waals surface area contributed by atoms with Gasteiger partial charge in [0.1, 0.15) is 11.6 Å². The summed E-state index contributed by atoms with van der Waals surface area (Å²) >= 11 is 0. The molecule has 166 valence electrons. The lowest BCUT2D eigenvalue weighted by Crippen LogP contribution is -2.40. The maximum atomic E-state index is 13.5. The number of aromatic nitrogens is 3. The van der Waals surface area contributed by atoms with E-state index in [0.717, 1.165) is 31.3 Å². The molecule has 2 aliphatic heterocycles. The summed E-state index contributed by atoms with van der Waals surface area (Å²) in [5.41, 5.74) is 1.65. The van der Waals surface area contributed by atoms with Crippen LogP contribution >= 0.6 is 0 Å². The second kappa shape index (κ2) is 8.39. The molecular formula is C25H29N5O2. The second-order valence-corrected chi connectivity index (χ2v) is 8.87. The van der Waals surface area contributed by atoms with Crippen LogP contribution in [-0.2, 0) is 12.0 Å². The molecule has 0 saturated carbocycles. The van der Waals surface area contributed by atoms with Gasteiger partial charge in [-0.1, -0.05) is 42.5 Å². The van der Waals surface area contributed by atoms with Crippen molar-refractivity contribution >= 4 is 5.91 Å². The zero-order chi connectivity index (χ0) is 22.1. The summed E-state index contributed by atoms with van der Waals surface area (Å²) in [6.45, 7) is 8.33. The van der Waals surface area contributed by atoms with Crippen molar-refractivity contribution < 1.29 is 9.53 Å². The van der Waals surface area contributed by atoms with Crippen LogP contribution in [0.1, 0.15) is 34.5 Å². The van der Waals surface area contributed by atoms with E-state index in [-0.39, 0.29) is 17.2 Å². The molecule has 3 aromatic rings. The first-order chi connectivity index (χ1) is 15.6. The predicted molar refractivity (Wildman–Crippen MR) is 122 cm³/mol. The molecule has 7 heteroatoms. The van der Waals surface area contributed by atoms with Gasteiger partial charge in [0, 0.05) is 38.6 Å². The topological polar surface area (TPSA) is 74.3 Å². The molecule has 0 spiro atoms. The van der Waals surface area contributed by atoms with Crippen molar-refractivity contribution in [2.75, 3.05) is 32.8 Å². The Bertz CT molecular complexity index is 1100. The van der Waals surface area contributed by atoms with E-state index in [0.29, 0.717) is 31.0 Å². The van der Waals surface area contributed by atoms with Gasteiger partial charge in [-0.3, -0.25) is 14.8 Å². The minimum atomic E-state index is -0.268. The van der Waals surface area contributed by atoms with E-state index >= 15 is 0 Å². The van der Waals surface area contributed by atoms with Crippen molar-refractivity contribution in [2.45, 2.75) is 25.8 Å². The van der Waals surface area contributed by atoms with Crippen molar-refractivity contribution in [3.8, 4) is 5.75 Å². The highest BCUT2D eigenvalue weighted by Crippen LogP contribution is 2.44. The number of benzene rings is 2. The van der Waals surface area contributed by atoms with E-state index in [1.54, 1.807) is 0 Å². The molecule has 2 aliphatic rings. The van der Waals surface area contributed by atoms with E-state index in [1.165, 1.54) is 5.56 Å². The normalized spacial score (nSPS) is 22.8. The van der Waals surface area contributed by atoms with Crippen molar-refractivity contribution in [1.29, 1.82) is 0 Å². The number of hydrogen-bond acceptors (Lipinski definition) is 5. The smallest absolute Gasteiger partial charge is 0.257 e. The summed E-state index contributed by atoms with van der Waals surface area (Å²) < 4.78 is 5.72. The van der Waals surface area contributed by atoms with Gasteiger partial charge >= 0.3 is 0 Å². The fourth-order valence-electron chi connectivity index (χ4n) is 5.26. The largest absolute Gasteiger partial charge is 0.493 e. The van der Waals surface area contributed by atoms with Crippen molar-refractivity contribution in [2.24, 2.45) is 5.92 Å². The highest BCUT2D eigenvalue weighted by atomic mass is 16.5. The number of nitrogens with zero attached hydrogens (tertiary/aromatic N) is 4. The third-order valence-corrected chi connectivity index (χ3v) is 6.68. The van der Waals surface area contributed by atoms with Crippen LogP contribution in [0.4, 0.5) is 0 Å². The Kier molecular flexibility index (Phi) is 5.43. The number of aryl methyl sites for hydroxylation is 1. The Morgan fingerprint density at radius 3 is 2.66 bits per heavy atom. The van der Waals surface area contributed by atoms with Crippen LogP contribution in [0.2, 0.25) is 0 Å². The molecule has 0 bridgehead atoms. The number of para-hydroxylation sites is 1. The Balaban J connectivity index is 1.42. The number of hydrogen-bond donors (Lipinski definition) is 1. The Labute approximate surface area is 188 Å².